The van der Waals surface area contributed by atoms with Crippen LogP contribution in [0.1, 0.15) is 42.8 Å². The van der Waals surface area contributed by atoms with Crippen LogP contribution in [-0.2, 0) is 6.18 Å². The summed E-state index contributed by atoms with van der Waals surface area (Å²) >= 11 is 0. The van der Waals surface area contributed by atoms with Crippen LogP contribution in [0.15, 0.2) is 47.5 Å². The largest absolute Gasteiger partial charge is 0.416 e. The van der Waals surface area contributed by atoms with E-state index >= 15 is 0 Å². The molecule has 3 rings (SSSR count). The van der Waals surface area contributed by atoms with Crippen LogP contribution >= 0.6 is 0 Å². The highest BCUT2D eigenvalue weighted by molar-refractivity contribution is 5.56. The number of aromatic amines is 1. The third-order valence-electron chi connectivity index (χ3n) is 4.26. The van der Waals surface area contributed by atoms with Gasteiger partial charge in [0.2, 0.25) is 0 Å². The fourth-order valence-electron chi connectivity index (χ4n) is 2.99. The Labute approximate surface area is 153 Å². The van der Waals surface area contributed by atoms with Gasteiger partial charge in [-0.15, -0.1) is 0 Å². The lowest BCUT2D eigenvalue weighted by Crippen LogP contribution is -2.12. The van der Waals surface area contributed by atoms with Crippen molar-refractivity contribution in [2.45, 2.75) is 38.9 Å². The number of alkyl halides is 3. The van der Waals surface area contributed by atoms with Crippen molar-refractivity contribution in [3.8, 4) is 11.3 Å². The molecule has 0 bridgehead atoms. The van der Waals surface area contributed by atoms with Gasteiger partial charge in [-0.25, -0.2) is 4.98 Å². The summed E-state index contributed by atoms with van der Waals surface area (Å²) in [7, 11) is 0. The fraction of sp³-hybridized carbons (Fsp3) is 0.316. The molecule has 0 spiro atoms. The summed E-state index contributed by atoms with van der Waals surface area (Å²) in [5.41, 5.74) is 1.00. The first-order valence-corrected chi connectivity index (χ1v) is 8.57. The van der Waals surface area contributed by atoms with E-state index in [1.54, 1.807) is 24.0 Å². The maximum Gasteiger partial charge on any atom is 0.416 e. The van der Waals surface area contributed by atoms with E-state index in [2.05, 4.69) is 15.1 Å². The molecule has 1 N–H and O–H groups in total. The highest BCUT2D eigenvalue weighted by Crippen LogP contribution is 2.31. The van der Waals surface area contributed by atoms with Crippen LogP contribution in [0.2, 0.25) is 0 Å². The maximum atomic E-state index is 12.8. The topological polar surface area (TPSA) is 63.6 Å². The fourth-order valence-corrected chi connectivity index (χ4v) is 2.99. The van der Waals surface area contributed by atoms with E-state index in [0.29, 0.717) is 23.5 Å². The van der Waals surface area contributed by atoms with Gasteiger partial charge in [-0.1, -0.05) is 25.5 Å². The average Bonchev–Trinajstić information content (AvgIpc) is 3.08. The second kappa shape index (κ2) is 7.38. The summed E-state index contributed by atoms with van der Waals surface area (Å²) in [6.45, 7) is 3.70. The SMILES string of the molecule is CCCC(c1ccc(C(F)(F)F)cc1)n1cc(-c2cc(=O)[nH]c(C)n2)cn1. The lowest BCUT2D eigenvalue weighted by molar-refractivity contribution is -0.137. The van der Waals surface area contributed by atoms with Crippen molar-refractivity contribution in [2.75, 3.05) is 0 Å². The molecule has 142 valence electrons. The predicted octanol–water partition coefficient (Wildman–Crippen LogP) is 4.35. The summed E-state index contributed by atoms with van der Waals surface area (Å²) in [6.07, 6.45) is 0.562. The van der Waals surface area contributed by atoms with Crippen molar-refractivity contribution in [3.63, 3.8) is 0 Å². The zero-order valence-corrected chi connectivity index (χ0v) is 14.9. The molecule has 27 heavy (non-hydrogen) atoms. The van der Waals surface area contributed by atoms with Crippen molar-refractivity contribution >= 4 is 0 Å². The number of H-pyrrole nitrogens is 1. The lowest BCUT2D eigenvalue weighted by Gasteiger charge is -2.18. The molecule has 0 fully saturated rings. The summed E-state index contributed by atoms with van der Waals surface area (Å²) < 4.78 is 40.1. The average molecular weight is 376 g/mol. The van der Waals surface area contributed by atoms with Gasteiger partial charge in [0.05, 0.1) is 23.5 Å². The van der Waals surface area contributed by atoms with Gasteiger partial charge in [-0.3, -0.25) is 9.48 Å². The molecule has 0 amide bonds. The number of nitrogens with zero attached hydrogens (tertiary/aromatic N) is 3. The molecule has 0 saturated heterocycles. The molecular weight excluding hydrogens is 357 g/mol. The van der Waals surface area contributed by atoms with Crippen LogP contribution in [0.25, 0.3) is 11.3 Å². The molecule has 0 aliphatic carbocycles. The van der Waals surface area contributed by atoms with E-state index in [1.165, 1.54) is 18.2 Å². The molecule has 0 aliphatic heterocycles. The third-order valence-corrected chi connectivity index (χ3v) is 4.26. The van der Waals surface area contributed by atoms with Gasteiger partial charge in [-0.05, 0) is 31.0 Å². The van der Waals surface area contributed by atoms with Gasteiger partial charge < -0.3 is 4.98 Å². The van der Waals surface area contributed by atoms with Crippen LogP contribution in [0.5, 0.6) is 0 Å². The molecule has 2 aromatic heterocycles. The minimum atomic E-state index is -4.36. The molecule has 3 aromatic rings. The smallest absolute Gasteiger partial charge is 0.311 e. The van der Waals surface area contributed by atoms with E-state index in [0.717, 1.165) is 24.1 Å². The monoisotopic (exact) mass is 376 g/mol. The van der Waals surface area contributed by atoms with E-state index in [1.807, 2.05) is 6.92 Å². The summed E-state index contributed by atoms with van der Waals surface area (Å²) in [4.78, 5) is 18.5. The second-order valence-electron chi connectivity index (χ2n) is 6.35. The van der Waals surface area contributed by atoms with Crippen LogP contribution in [0, 0.1) is 6.92 Å². The number of aryl methyl sites for hydroxylation is 1. The number of nitrogens with one attached hydrogen (secondary N) is 1. The standard InChI is InChI=1S/C19H19F3N4O/c1-3-4-17(13-5-7-15(8-6-13)19(20,21)22)26-11-14(10-23-26)16-9-18(27)25-12(2)24-16/h5-11,17H,3-4H2,1-2H3,(H,24,25,27). The zero-order chi connectivity index (χ0) is 19.6. The Morgan fingerprint density at radius 1 is 1.22 bits per heavy atom. The van der Waals surface area contributed by atoms with Crippen LogP contribution in [0.4, 0.5) is 13.2 Å². The van der Waals surface area contributed by atoms with Gasteiger partial charge in [0.1, 0.15) is 5.82 Å². The Balaban J connectivity index is 1.94. The number of benzene rings is 1. The third kappa shape index (κ3) is 4.27. The molecule has 8 heteroatoms. The Kier molecular flexibility index (Phi) is 5.16. The number of halogens is 3. The normalized spacial score (nSPS) is 12.9. The second-order valence-corrected chi connectivity index (χ2v) is 6.35. The molecule has 0 aliphatic rings. The van der Waals surface area contributed by atoms with Crippen molar-refractivity contribution in [1.29, 1.82) is 0 Å². The number of hydrogen-bond acceptors (Lipinski definition) is 3. The van der Waals surface area contributed by atoms with Gasteiger partial charge >= 0.3 is 6.18 Å². The first-order chi connectivity index (χ1) is 12.8. The minimum absolute atomic E-state index is 0.200. The summed E-state index contributed by atoms with van der Waals surface area (Å²) in [5, 5.41) is 4.36. The first-order valence-electron chi connectivity index (χ1n) is 8.57. The van der Waals surface area contributed by atoms with E-state index < -0.39 is 11.7 Å². The Morgan fingerprint density at radius 2 is 1.93 bits per heavy atom. The molecule has 0 radical (unpaired) electrons. The number of rotatable bonds is 5. The van der Waals surface area contributed by atoms with E-state index in [9.17, 15) is 18.0 Å². The van der Waals surface area contributed by atoms with E-state index in [-0.39, 0.29) is 11.6 Å². The Hall–Kier alpha value is -2.90. The first kappa shape index (κ1) is 18.9. The van der Waals surface area contributed by atoms with Crippen molar-refractivity contribution in [1.82, 2.24) is 19.7 Å². The Bertz CT molecular complexity index is 974. The molecule has 5 nitrogen and oxygen atoms in total. The Morgan fingerprint density at radius 3 is 2.52 bits per heavy atom. The van der Waals surface area contributed by atoms with Gasteiger partial charge in [-0.2, -0.15) is 18.3 Å². The highest BCUT2D eigenvalue weighted by Gasteiger charge is 2.30. The van der Waals surface area contributed by atoms with Crippen molar-refractivity contribution < 1.29 is 13.2 Å². The summed E-state index contributed by atoms with van der Waals surface area (Å²) in [5.74, 6) is 0.498. The summed E-state index contributed by atoms with van der Waals surface area (Å²) in [6, 6.07) is 6.34. The van der Waals surface area contributed by atoms with Gasteiger partial charge in [0, 0.05) is 17.8 Å². The van der Waals surface area contributed by atoms with Crippen molar-refractivity contribution in [3.05, 3.63) is 70.0 Å². The van der Waals surface area contributed by atoms with Gasteiger partial charge in [0.25, 0.3) is 5.56 Å². The number of aromatic nitrogens is 4. The van der Waals surface area contributed by atoms with E-state index in [4.69, 9.17) is 0 Å². The highest BCUT2D eigenvalue weighted by atomic mass is 19.4. The molecule has 1 atom stereocenters. The van der Waals surface area contributed by atoms with Crippen LogP contribution in [0.3, 0.4) is 0 Å². The molecule has 2 heterocycles. The maximum absolute atomic E-state index is 12.8. The minimum Gasteiger partial charge on any atom is -0.311 e. The van der Waals surface area contributed by atoms with Crippen LogP contribution < -0.4 is 5.56 Å². The quantitative estimate of drug-likeness (QED) is 0.720. The zero-order valence-electron chi connectivity index (χ0n) is 14.9. The number of hydrogen-bond donors (Lipinski definition) is 1. The molecular formula is C19H19F3N4O. The lowest BCUT2D eigenvalue weighted by atomic mass is 10.0. The molecule has 1 aromatic carbocycles. The van der Waals surface area contributed by atoms with Gasteiger partial charge in [0.15, 0.2) is 0 Å². The molecule has 1 unspecified atom stereocenters. The van der Waals surface area contributed by atoms with Crippen LogP contribution in [-0.4, -0.2) is 19.7 Å². The van der Waals surface area contributed by atoms with Crippen molar-refractivity contribution in [2.24, 2.45) is 0 Å². The molecule has 0 saturated carbocycles. The predicted molar refractivity (Wildman–Crippen MR) is 95.3 cm³/mol.